The van der Waals surface area contributed by atoms with Gasteiger partial charge < -0.3 is 9.84 Å². The number of carboxylic acid groups (broad SMARTS) is 1. The number of aromatic nitrogens is 3. The van der Waals surface area contributed by atoms with Crippen LogP contribution in [0.2, 0.25) is 0 Å². The number of nitrogens with zero attached hydrogens (tertiary/aromatic N) is 3. The van der Waals surface area contributed by atoms with Crippen molar-refractivity contribution in [3.05, 3.63) is 47.2 Å². The average Bonchev–Trinajstić information content (AvgIpc) is 2.89. The number of halogens is 1. The lowest BCUT2D eigenvalue weighted by atomic mass is 10.3. The Bertz CT molecular complexity index is 688. The lowest BCUT2D eigenvalue weighted by Gasteiger charge is -2.10. The van der Waals surface area contributed by atoms with Crippen LogP contribution in [0.3, 0.4) is 0 Å². The summed E-state index contributed by atoms with van der Waals surface area (Å²) in [6.07, 6.45) is 1.71. The van der Waals surface area contributed by atoms with Crippen molar-refractivity contribution in [1.29, 1.82) is 0 Å². The molecule has 8 heteroatoms. The van der Waals surface area contributed by atoms with E-state index in [2.05, 4.69) is 32.7 Å². The molecule has 0 radical (unpaired) electrons. The predicted octanol–water partition coefficient (Wildman–Crippen LogP) is 3.37. The van der Waals surface area contributed by atoms with E-state index in [1.165, 1.54) is 0 Å². The molecule has 122 valence electrons. The summed E-state index contributed by atoms with van der Waals surface area (Å²) < 4.78 is 8.47. The minimum absolute atomic E-state index is 0.241. The molecular weight excluding hydrogens is 382 g/mol. The molecule has 0 saturated heterocycles. The Morgan fingerprint density at radius 2 is 2.17 bits per heavy atom. The number of rotatable bonds is 8. The highest BCUT2D eigenvalue weighted by molar-refractivity contribution is 9.10. The number of hydrogen-bond acceptors (Lipinski definition) is 5. The molecule has 2 aromatic rings. The van der Waals surface area contributed by atoms with Crippen molar-refractivity contribution in [3.63, 3.8) is 0 Å². The number of carbonyl (C=O) groups is 1. The van der Waals surface area contributed by atoms with E-state index >= 15 is 0 Å². The second-order valence-corrected chi connectivity index (χ2v) is 6.86. The molecule has 0 aliphatic rings. The molecular formula is C15H16BrN3O3S. The van der Waals surface area contributed by atoms with E-state index in [1.54, 1.807) is 17.6 Å². The third-order valence-electron chi connectivity index (χ3n) is 2.92. The number of carboxylic acids is 1. The first-order chi connectivity index (χ1) is 11.0. The molecule has 0 bridgehead atoms. The zero-order valence-electron chi connectivity index (χ0n) is 12.5. The first-order valence-electron chi connectivity index (χ1n) is 6.82. The van der Waals surface area contributed by atoms with E-state index in [-0.39, 0.29) is 6.61 Å². The van der Waals surface area contributed by atoms with Crippen molar-refractivity contribution in [3.8, 4) is 5.75 Å². The third-order valence-corrected chi connectivity index (χ3v) is 4.51. The Balaban J connectivity index is 2.11. The molecule has 0 spiro atoms. The van der Waals surface area contributed by atoms with Crippen LogP contribution < -0.4 is 4.74 Å². The lowest BCUT2D eigenvalue weighted by molar-refractivity contribution is -0.136. The van der Waals surface area contributed by atoms with Crippen molar-refractivity contribution >= 4 is 33.7 Å². The SMILES string of the molecule is C=CCn1c(COc2ccc(Br)cc2)nnc1SC(C)C(=O)O. The van der Waals surface area contributed by atoms with Gasteiger partial charge in [0.15, 0.2) is 11.0 Å². The quantitative estimate of drug-likeness (QED) is 0.543. The molecule has 1 atom stereocenters. The van der Waals surface area contributed by atoms with Crippen LogP contribution >= 0.6 is 27.7 Å². The van der Waals surface area contributed by atoms with E-state index in [9.17, 15) is 4.79 Å². The zero-order valence-corrected chi connectivity index (χ0v) is 14.9. The highest BCUT2D eigenvalue weighted by Crippen LogP contribution is 2.23. The minimum atomic E-state index is -0.893. The van der Waals surface area contributed by atoms with Gasteiger partial charge in [-0.3, -0.25) is 9.36 Å². The van der Waals surface area contributed by atoms with Gasteiger partial charge in [-0.05, 0) is 31.2 Å². The molecule has 1 N–H and O–H groups in total. The van der Waals surface area contributed by atoms with Crippen LogP contribution in [0.25, 0.3) is 0 Å². The maximum Gasteiger partial charge on any atom is 0.316 e. The highest BCUT2D eigenvalue weighted by atomic mass is 79.9. The molecule has 1 unspecified atom stereocenters. The van der Waals surface area contributed by atoms with Crippen LogP contribution in [-0.2, 0) is 17.9 Å². The van der Waals surface area contributed by atoms with E-state index in [4.69, 9.17) is 9.84 Å². The van der Waals surface area contributed by atoms with Gasteiger partial charge in [0.1, 0.15) is 17.6 Å². The van der Waals surface area contributed by atoms with Crippen LogP contribution in [0.1, 0.15) is 12.7 Å². The van der Waals surface area contributed by atoms with Gasteiger partial charge in [0.2, 0.25) is 0 Å². The molecule has 1 heterocycles. The first kappa shape index (κ1) is 17.6. The molecule has 2 rings (SSSR count). The van der Waals surface area contributed by atoms with Gasteiger partial charge in [-0.25, -0.2) is 0 Å². The second kappa shape index (κ2) is 8.16. The van der Waals surface area contributed by atoms with Gasteiger partial charge in [0.05, 0.1) is 0 Å². The fourth-order valence-electron chi connectivity index (χ4n) is 1.71. The molecule has 23 heavy (non-hydrogen) atoms. The summed E-state index contributed by atoms with van der Waals surface area (Å²) in [5, 5.41) is 17.1. The molecule has 0 aliphatic carbocycles. The maximum atomic E-state index is 11.0. The van der Waals surface area contributed by atoms with Gasteiger partial charge in [-0.2, -0.15) is 0 Å². The topological polar surface area (TPSA) is 77.2 Å². The first-order valence-corrected chi connectivity index (χ1v) is 8.49. The van der Waals surface area contributed by atoms with Crippen LogP contribution in [0.4, 0.5) is 0 Å². The third kappa shape index (κ3) is 4.84. The van der Waals surface area contributed by atoms with E-state index < -0.39 is 11.2 Å². The van der Waals surface area contributed by atoms with Gasteiger partial charge in [-0.1, -0.05) is 33.8 Å². The Morgan fingerprint density at radius 3 is 2.78 bits per heavy atom. The fourth-order valence-corrected chi connectivity index (χ4v) is 2.79. The number of hydrogen-bond donors (Lipinski definition) is 1. The van der Waals surface area contributed by atoms with Gasteiger partial charge in [0, 0.05) is 11.0 Å². The Morgan fingerprint density at radius 1 is 1.48 bits per heavy atom. The Labute approximate surface area is 146 Å². The Kier molecular flexibility index (Phi) is 6.23. The monoisotopic (exact) mass is 397 g/mol. The van der Waals surface area contributed by atoms with Gasteiger partial charge >= 0.3 is 5.97 Å². The largest absolute Gasteiger partial charge is 0.486 e. The molecule has 0 saturated carbocycles. The minimum Gasteiger partial charge on any atom is -0.486 e. The predicted molar refractivity (Wildman–Crippen MR) is 91.6 cm³/mol. The summed E-state index contributed by atoms with van der Waals surface area (Å²) in [4.78, 5) is 11.0. The number of allylic oxidation sites excluding steroid dienone is 1. The van der Waals surface area contributed by atoms with Crippen molar-refractivity contribution in [1.82, 2.24) is 14.8 Å². The van der Waals surface area contributed by atoms with Crippen molar-refractivity contribution in [2.45, 2.75) is 30.5 Å². The number of ether oxygens (including phenoxy) is 1. The molecule has 1 aromatic carbocycles. The summed E-state index contributed by atoms with van der Waals surface area (Å²) in [6.45, 7) is 6.05. The summed E-state index contributed by atoms with van der Waals surface area (Å²) in [5.41, 5.74) is 0. The van der Waals surface area contributed by atoms with Crippen molar-refractivity contribution < 1.29 is 14.6 Å². The zero-order chi connectivity index (χ0) is 16.8. The molecule has 6 nitrogen and oxygen atoms in total. The number of aliphatic carboxylic acids is 1. The van der Waals surface area contributed by atoms with Crippen LogP contribution in [0.5, 0.6) is 5.75 Å². The summed E-state index contributed by atoms with van der Waals surface area (Å²) in [5.74, 6) is 0.443. The highest BCUT2D eigenvalue weighted by Gasteiger charge is 2.19. The number of benzene rings is 1. The average molecular weight is 398 g/mol. The molecule has 0 amide bonds. The number of thioether (sulfide) groups is 1. The van der Waals surface area contributed by atoms with Gasteiger partial charge in [-0.15, -0.1) is 16.8 Å². The molecule has 0 aliphatic heterocycles. The smallest absolute Gasteiger partial charge is 0.316 e. The lowest BCUT2D eigenvalue weighted by Crippen LogP contribution is -2.13. The maximum absolute atomic E-state index is 11.0. The second-order valence-electron chi connectivity index (χ2n) is 4.64. The molecule has 1 aromatic heterocycles. The van der Waals surface area contributed by atoms with Crippen LogP contribution in [-0.4, -0.2) is 31.1 Å². The summed E-state index contributed by atoms with van der Waals surface area (Å²) >= 11 is 4.51. The van der Waals surface area contributed by atoms with Crippen molar-refractivity contribution in [2.24, 2.45) is 0 Å². The van der Waals surface area contributed by atoms with Crippen LogP contribution in [0, 0.1) is 0 Å². The van der Waals surface area contributed by atoms with Crippen molar-refractivity contribution in [2.75, 3.05) is 0 Å². The molecule has 0 fully saturated rings. The summed E-state index contributed by atoms with van der Waals surface area (Å²) in [7, 11) is 0. The van der Waals surface area contributed by atoms with Crippen LogP contribution in [0.15, 0.2) is 46.5 Å². The fraction of sp³-hybridized carbons (Fsp3) is 0.267. The van der Waals surface area contributed by atoms with E-state index in [0.29, 0.717) is 17.5 Å². The normalized spacial score (nSPS) is 11.9. The van der Waals surface area contributed by atoms with E-state index in [1.807, 2.05) is 24.3 Å². The van der Waals surface area contributed by atoms with E-state index in [0.717, 1.165) is 22.0 Å². The Hall–Kier alpha value is -1.80. The van der Waals surface area contributed by atoms with Gasteiger partial charge in [0.25, 0.3) is 0 Å². The standard InChI is InChI=1S/C15H16BrN3O3S/c1-3-8-19-13(9-22-12-6-4-11(16)5-7-12)17-18-15(19)23-10(2)14(20)21/h3-7,10H,1,8-9H2,2H3,(H,20,21). The summed E-state index contributed by atoms with van der Waals surface area (Å²) in [6, 6.07) is 7.47.